The Balaban J connectivity index is 2.05. The van der Waals surface area contributed by atoms with Gasteiger partial charge in [-0.3, -0.25) is 4.98 Å². The molecular weight excluding hydrogens is 266 g/mol. The van der Waals surface area contributed by atoms with E-state index in [1.54, 1.807) is 0 Å². The molecule has 0 saturated carbocycles. The molecule has 0 atom stereocenters. The molecule has 4 heteroatoms. The number of unbranched alkanes of at least 4 members (excludes halogenated alkanes) is 1. The molecule has 16 heavy (non-hydrogen) atoms. The van der Waals surface area contributed by atoms with Crippen molar-refractivity contribution in [3.63, 3.8) is 0 Å². The first-order valence-electron chi connectivity index (χ1n) is 5.64. The van der Waals surface area contributed by atoms with E-state index in [2.05, 4.69) is 45.2 Å². The Morgan fingerprint density at radius 2 is 2.12 bits per heavy atom. The number of nitrogens with one attached hydrogen (secondary N) is 1. The third kappa shape index (κ3) is 6.20. The molecule has 0 fully saturated rings. The zero-order chi connectivity index (χ0) is 11.8. The van der Waals surface area contributed by atoms with Gasteiger partial charge in [0.1, 0.15) is 0 Å². The fraction of sp³-hybridized carbons (Fsp3) is 0.583. The van der Waals surface area contributed by atoms with Gasteiger partial charge in [-0.25, -0.2) is 0 Å². The van der Waals surface area contributed by atoms with Crippen LogP contribution in [0.1, 0.15) is 18.5 Å². The van der Waals surface area contributed by atoms with Crippen LogP contribution < -0.4 is 5.32 Å². The van der Waals surface area contributed by atoms with Crippen molar-refractivity contribution in [2.45, 2.75) is 19.4 Å². The summed E-state index contributed by atoms with van der Waals surface area (Å²) in [6.07, 6.45) is 4.30. The van der Waals surface area contributed by atoms with E-state index < -0.39 is 0 Å². The van der Waals surface area contributed by atoms with Crippen molar-refractivity contribution >= 4 is 15.9 Å². The lowest BCUT2D eigenvalue weighted by Crippen LogP contribution is -2.18. The van der Waals surface area contributed by atoms with Crippen LogP contribution in [-0.2, 0) is 6.54 Å². The van der Waals surface area contributed by atoms with Crippen molar-refractivity contribution in [1.82, 2.24) is 15.2 Å². The van der Waals surface area contributed by atoms with Crippen LogP contribution in [0, 0.1) is 0 Å². The van der Waals surface area contributed by atoms with Crippen LogP contribution >= 0.6 is 15.9 Å². The summed E-state index contributed by atoms with van der Waals surface area (Å²) in [4.78, 5) is 6.53. The summed E-state index contributed by atoms with van der Waals surface area (Å²) >= 11 is 3.37. The van der Waals surface area contributed by atoms with Crippen LogP contribution in [0.2, 0.25) is 0 Å². The van der Waals surface area contributed by atoms with Crippen LogP contribution in [0.3, 0.4) is 0 Å². The van der Waals surface area contributed by atoms with E-state index >= 15 is 0 Å². The van der Waals surface area contributed by atoms with Gasteiger partial charge in [-0.2, -0.15) is 0 Å². The normalized spacial score (nSPS) is 11.0. The van der Waals surface area contributed by atoms with E-state index in [0.29, 0.717) is 0 Å². The SMILES string of the molecule is CN(C)CCCCNCc1ccc(Br)cn1. The summed E-state index contributed by atoms with van der Waals surface area (Å²) < 4.78 is 1.03. The van der Waals surface area contributed by atoms with Gasteiger partial charge in [0.15, 0.2) is 0 Å². The summed E-state index contributed by atoms with van der Waals surface area (Å²) in [5.41, 5.74) is 1.09. The van der Waals surface area contributed by atoms with E-state index in [1.807, 2.05) is 18.3 Å². The van der Waals surface area contributed by atoms with Gasteiger partial charge in [0.05, 0.1) is 5.69 Å². The zero-order valence-electron chi connectivity index (χ0n) is 10.0. The lowest BCUT2D eigenvalue weighted by Gasteiger charge is -2.09. The molecule has 1 aromatic rings. The maximum absolute atomic E-state index is 4.31. The molecule has 0 amide bonds. The molecule has 0 aliphatic carbocycles. The quantitative estimate of drug-likeness (QED) is 0.779. The molecule has 0 aliphatic rings. The van der Waals surface area contributed by atoms with Gasteiger partial charge in [0, 0.05) is 17.2 Å². The number of pyridine rings is 1. The smallest absolute Gasteiger partial charge is 0.0542 e. The summed E-state index contributed by atoms with van der Waals surface area (Å²) in [6, 6.07) is 4.06. The third-order valence-electron chi connectivity index (χ3n) is 2.30. The Morgan fingerprint density at radius 3 is 2.75 bits per heavy atom. The maximum atomic E-state index is 4.31. The second-order valence-corrected chi connectivity index (χ2v) is 5.07. The lowest BCUT2D eigenvalue weighted by molar-refractivity contribution is 0.391. The van der Waals surface area contributed by atoms with E-state index in [9.17, 15) is 0 Å². The molecule has 1 heterocycles. The first-order chi connectivity index (χ1) is 7.68. The van der Waals surface area contributed by atoms with E-state index in [0.717, 1.165) is 29.8 Å². The number of hydrogen-bond acceptors (Lipinski definition) is 3. The van der Waals surface area contributed by atoms with Crippen molar-refractivity contribution in [2.24, 2.45) is 0 Å². The first kappa shape index (κ1) is 13.6. The van der Waals surface area contributed by atoms with Crippen molar-refractivity contribution in [3.05, 3.63) is 28.5 Å². The minimum absolute atomic E-state index is 0.856. The van der Waals surface area contributed by atoms with Gasteiger partial charge in [-0.15, -0.1) is 0 Å². The number of nitrogens with zero attached hydrogens (tertiary/aromatic N) is 2. The molecule has 0 bridgehead atoms. The summed E-state index contributed by atoms with van der Waals surface area (Å²) in [7, 11) is 4.22. The number of halogens is 1. The predicted octanol–water partition coefficient (Wildman–Crippen LogP) is 2.28. The Bertz CT molecular complexity index is 285. The minimum atomic E-state index is 0.856. The highest BCUT2D eigenvalue weighted by molar-refractivity contribution is 9.10. The standard InChI is InChI=1S/C12H20BrN3/c1-16(2)8-4-3-7-14-10-12-6-5-11(13)9-15-12/h5-6,9,14H,3-4,7-8,10H2,1-2H3. The highest BCUT2D eigenvalue weighted by atomic mass is 79.9. The molecule has 0 unspecified atom stereocenters. The molecule has 0 saturated heterocycles. The van der Waals surface area contributed by atoms with Gasteiger partial charge in [0.2, 0.25) is 0 Å². The first-order valence-corrected chi connectivity index (χ1v) is 6.43. The minimum Gasteiger partial charge on any atom is -0.311 e. The highest BCUT2D eigenvalue weighted by Gasteiger charge is 1.95. The average molecular weight is 286 g/mol. The van der Waals surface area contributed by atoms with Crippen LogP contribution in [0.15, 0.2) is 22.8 Å². The highest BCUT2D eigenvalue weighted by Crippen LogP contribution is 2.06. The molecular formula is C12H20BrN3. The van der Waals surface area contributed by atoms with Gasteiger partial charge in [-0.1, -0.05) is 0 Å². The molecule has 0 radical (unpaired) electrons. The van der Waals surface area contributed by atoms with E-state index in [-0.39, 0.29) is 0 Å². The Labute approximate surface area is 106 Å². The summed E-state index contributed by atoms with van der Waals surface area (Å²) in [5, 5.41) is 3.40. The van der Waals surface area contributed by atoms with Gasteiger partial charge >= 0.3 is 0 Å². The fourth-order valence-corrected chi connectivity index (χ4v) is 1.64. The summed E-state index contributed by atoms with van der Waals surface area (Å²) in [6.45, 7) is 3.08. The Kier molecular flexibility index (Phi) is 6.61. The summed E-state index contributed by atoms with van der Waals surface area (Å²) in [5.74, 6) is 0. The van der Waals surface area contributed by atoms with E-state index in [4.69, 9.17) is 0 Å². The van der Waals surface area contributed by atoms with Crippen LogP contribution in [0.5, 0.6) is 0 Å². The van der Waals surface area contributed by atoms with Crippen molar-refractivity contribution < 1.29 is 0 Å². The number of rotatable bonds is 7. The second-order valence-electron chi connectivity index (χ2n) is 4.15. The fourth-order valence-electron chi connectivity index (χ4n) is 1.41. The molecule has 0 aromatic carbocycles. The third-order valence-corrected chi connectivity index (χ3v) is 2.77. The van der Waals surface area contributed by atoms with Gasteiger partial charge in [0.25, 0.3) is 0 Å². The average Bonchev–Trinajstić information content (AvgIpc) is 2.25. The zero-order valence-corrected chi connectivity index (χ0v) is 11.6. The Morgan fingerprint density at radius 1 is 1.31 bits per heavy atom. The maximum Gasteiger partial charge on any atom is 0.0542 e. The molecule has 3 nitrogen and oxygen atoms in total. The topological polar surface area (TPSA) is 28.2 Å². The Hall–Kier alpha value is -0.450. The van der Waals surface area contributed by atoms with Crippen molar-refractivity contribution in [1.29, 1.82) is 0 Å². The molecule has 1 N–H and O–H groups in total. The molecule has 0 aliphatic heterocycles. The lowest BCUT2D eigenvalue weighted by atomic mass is 10.3. The monoisotopic (exact) mass is 285 g/mol. The van der Waals surface area contributed by atoms with Gasteiger partial charge in [-0.05, 0) is 68.1 Å². The van der Waals surface area contributed by atoms with Crippen LogP contribution in [0.25, 0.3) is 0 Å². The molecule has 90 valence electrons. The van der Waals surface area contributed by atoms with Crippen LogP contribution in [0.4, 0.5) is 0 Å². The van der Waals surface area contributed by atoms with Crippen LogP contribution in [-0.4, -0.2) is 37.1 Å². The largest absolute Gasteiger partial charge is 0.311 e. The number of aromatic nitrogens is 1. The van der Waals surface area contributed by atoms with E-state index in [1.165, 1.54) is 12.8 Å². The predicted molar refractivity (Wildman–Crippen MR) is 71.4 cm³/mol. The second kappa shape index (κ2) is 7.76. The van der Waals surface area contributed by atoms with Gasteiger partial charge < -0.3 is 10.2 Å². The number of hydrogen-bond donors (Lipinski definition) is 1. The van der Waals surface area contributed by atoms with Crippen molar-refractivity contribution in [3.8, 4) is 0 Å². The molecule has 1 rings (SSSR count). The molecule has 1 aromatic heterocycles. The van der Waals surface area contributed by atoms with Crippen molar-refractivity contribution in [2.75, 3.05) is 27.2 Å². The molecule has 0 spiro atoms.